The van der Waals surface area contributed by atoms with E-state index in [0.717, 1.165) is 0 Å². The second-order valence-electron chi connectivity index (χ2n) is 3.15. The molecule has 0 nitrogen and oxygen atoms in total. The maximum Gasteiger partial charge on any atom is 0.305 e. The summed E-state index contributed by atoms with van der Waals surface area (Å²) in [5, 5.41) is 0. The van der Waals surface area contributed by atoms with Crippen molar-refractivity contribution in [2.24, 2.45) is 0 Å². The molecule has 0 aliphatic heterocycles. The van der Waals surface area contributed by atoms with Crippen LogP contribution < -0.4 is 0 Å². The van der Waals surface area contributed by atoms with Gasteiger partial charge in [0.25, 0.3) is 0 Å². The van der Waals surface area contributed by atoms with Crippen LogP contribution in [0, 0.1) is 0 Å². The molecule has 0 bridgehead atoms. The Hall–Kier alpha value is -0.0400. The number of hydrogen-bond acceptors (Lipinski definition) is 0. The lowest BCUT2D eigenvalue weighted by atomic mass is 10.5. The second-order valence-corrected chi connectivity index (χ2v) is 6.42. The monoisotopic (exact) mass is 198 g/mol. The number of rotatable bonds is 3. The van der Waals surface area contributed by atoms with Crippen LogP contribution in [-0.4, -0.2) is 11.3 Å². The molecule has 0 amide bonds. The van der Waals surface area contributed by atoms with E-state index < -0.39 is 19.6 Å². The zero-order valence-electron chi connectivity index (χ0n) is 7.74. The van der Waals surface area contributed by atoms with Crippen LogP contribution in [0.4, 0.5) is 13.2 Å². The molecule has 0 saturated carbocycles. The normalized spacial score (nSPS) is 11.5. The lowest BCUT2D eigenvalue weighted by Crippen LogP contribution is -2.03. The molecular weight excluding hydrogens is 184 g/mol. The van der Waals surface area contributed by atoms with Crippen molar-refractivity contribution in [2.75, 3.05) is 0 Å². The Morgan fingerprint density at radius 1 is 0.917 bits per heavy atom. The van der Waals surface area contributed by atoms with Gasteiger partial charge in [-0.2, -0.15) is 8.78 Å². The van der Waals surface area contributed by atoms with Crippen molar-refractivity contribution in [2.45, 2.75) is 39.0 Å². The summed E-state index contributed by atoms with van der Waals surface area (Å²) >= 11 is 0. The number of hydrogen-bond donors (Lipinski definition) is 0. The van der Waals surface area contributed by atoms with Crippen molar-refractivity contribution >= 4 is 7.92 Å². The van der Waals surface area contributed by atoms with E-state index in [2.05, 4.69) is 0 Å². The molecule has 0 aliphatic carbocycles. The summed E-state index contributed by atoms with van der Waals surface area (Å²) in [6.45, 7) is 7.09. The van der Waals surface area contributed by atoms with Gasteiger partial charge in [0.1, 0.15) is 0 Å². The van der Waals surface area contributed by atoms with Crippen LogP contribution in [-0.2, 0) is 0 Å². The fraction of sp³-hybridized carbons (Fsp3) is 0.750. The van der Waals surface area contributed by atoms with Gasteiger partial charge in [-0.3, -0.25) is 0 Å². The van der Waals surface area contributed by atoms with E-state index in [1.165, 1.54) is 0 Å². The van der Waals surface area contributed by atoms with E-state index >= 15 is 0 Å². The molecule has 0 atom stereocenters. The topological polar surface area (TPSA) is 0 Å². The van der Waals surface area contributed by atoms with Crippen molar-refractivity contribution in [1.82, 2.24) is 0 Å². The zero-order valence-corrected chi connectivity index (χ0v) is 8.63. The summed E-state index contributed by atoms with van der Waals surface area (Å²) < 4.78 is 36.7. The first-order chi connectivity index (χ1) is 5.37. The molecule has 0 radical (unpaired) electrons. The molecule has 0 aromatic heterocycles. The minimum atomic E-state index is -2.15. The lowest BCUT2D eigenvalue weighted by Gasteiger charge is -2.22. The summed E-state index contributed by atoms with van der Waals surface area (Å²) in [6.07, 6.45) is -2.15. The molecule has 0 heterocycles. The average molecular weight is 198 g/mol. The van der Waals surface area contributed by atoms with Gasteiger partial charge in [-0.25, -0.2) is 4.39 Å². The SMILES string of the molecule is CC(C)P(C(F)=C(F)F)C(C)C. The van der Waals surface area contributed by atoms with Crippen LogP contribution >= 0.6 is 7.92 Å². The highest BCUT2D eigenvalue weighted by Crippen LogP contribution is 2.55. The zero-order chi connectivity index (χ0) is 9.89. The van der Waals surface area contributed by atoms with Crippen LogP contribution in [0.3, 0.4) is 0 Å². The highest BCUT2D eigenvalue weighted by atomic mass is 31.1. The highest BCUT2D eigenvalue weighted by molar-refractivity contribution is 7.63. The molecule has 0 fully saturated rings. The Morgan fingerprint density at radius 2 is 1.25 bits per heavy atom. The van der Waals surface area contributed by atoms with E-state index in [9.17, 15) is 13.2 Å². The van der Waals surface area contributed by atoms with Crippen molar-refractivity contribution in [3.8, 4) is 0 Å². The predicted octanol–water partition coefficient (Wildman–Crippen LogP) is 4.32. The minimum Gasteiger partial charge on any atom is -0.201 e. The van der Waals surface area contributed by atoms with Crippen molar-refractivity contribution in [3.05, 3.63) is 11.6 Å². The third-order valence-electron chi connectivity index (χ3n) is 1.50. The molecule has 0 N–H and O–H groups in total. The maximum absolute atomic E-state index is 12.8. The Kier molecular flexibility index (Phi) is 4.84. The summed E-state index contributed by atoms with van der Waals surface area (Å²) in [7, 11) is -1.32. The van der Waals surface area contributed by atoms with Crippen LogP contribution in [0.15, 0.2) is 11.6 Å². The molecule has 12 heavy (non-hydrogen) atoms. The van der Waals surface area contributed by atoms with E-state index in [4.69, 9.17) is 0 Å². The van der Waals surface area contributed by atoms with Gasteiger partial charge in [0, 0.05) is 0 Å². The fourth-order valence-corrected chi connectivity index (χ4v) is 3.44. The summed E-state index contributed by atoms with van der Waals surface area (Å²) in [5.41, 5.74) is -1.24. The van der Waals surface area contributed by atoms with Crippen LogP contribution in [0.25, 0.3) is 0 Å². The van der Waals surface area contributed by atoms with Crippen molar-refractivity contribution < 1.29 is 13.2 Å². The molecule has 0 aromatic rings. The Morgan fingerprint density at radius 3 is 1.33 bits per heavy atom. The number of halogens is 3. The lowest BCUT2D eigenvalue weighted by molar-refractivity contribution is 0.393. The van der Waals surface area contributed by atoms with Crippen molar-refractivity contribution in [1.29, 1.82) is 0 Å². The Labute approximate surface area is 72.6 Å². The molecule has 0 aliphatic rings. The molecule has 0 unspecified atom stereocenters. The first-order valence-electron chi connectivity index (χ1n) is 3.87. The smallest absolute Gasteiger partial charge is 0.201 e. The quantitative estimate of drug-likeness (QED) is 0.592. The summed E-state index contributed by atoms with van der Waals surface area (Å²) in [4.78, 5) is 0. The molecule has 0 rings (SSSR count). The van der Waals surface area contributed by atoms with Gasteiger partial charge >= 0.3 is 6.08 Å². The van der Waals surface area contributed by atoms with Crippen LogP contribution in [0.2, 0.25) is 0 Å². The van der Waals surface area contributed by atoms with Crippen LogP contribution in [0.5, 0.6) is 0 Å². The fourth-order valence-electron chi connectivity index (χ4n) is 1.15. The minimum absolute atomic E-state index is 0.0264. The van der Waals surface area contributed by atoms with Crippen molar-refractivity contribution in [3.63, 3.8) is 0 Å². The molecule has 0 spiro atoms. The van der Waals surface area contributed by atoms with E-state index in [1.54, 1.807) is 27.7 Å². The summed E-state index contributed by atoms with van der Waals surface area (Å²) in [6, 6.07) is 0. The Bertz CT molecular complexity index is 163. The standard InChI is InChI=1S/C8H14F3P/c1-5(2)12(6(3)4)8(11)7(9)10/h5-6H,1-4H3. The summed E-state index contributed by atoms with van der Waals surface area (Å²) in [5.74, 6) is 0. The van der Waals surface area contributed by atoms with Gasteiger partial charge in [0.15, 0.2) is 5.57 Å². The van der Waals surface area contributed by atoms with Gasteiger partial charge in [-0.15, -0.1) is 0 Å². The predicted molar refractivity (Wildman–Crippen MR) is 47.5 cm³/mol. The van der Waals surface area contributed by atoms with Gasteiger partial charge in [-0.1, -0.05) is 27.7 Å². The van der Waals surface area contributed by atoms with Crippen LogP contribution in [0.1, 0.15) is 27.7 Å². The molecule has 0 aromatic carbocycles. The van der Waals surface area contributed by atoms with Gasteiger partial charge in [0.2, 0.25) is 0 Å². The van der Waals surface area contributed by atoms with E-state index in [0.29, 0.717) is 0 Å². The van der Waals surface area contributed by atoms with Gasteiger partial charge in [-0.05, 0) is 19.2 Å². The first kappa shape index (κ1) is 12.0. The molecular formula is C8H14F3P. The van der Waals surface area contributed by atoms with E-state index in [1.807, 2.05) is 0 Å². The van der Waals surface area contributed by atoms with Gasteiger partial charge in [0.05, 0.1) is 0 Å². The second kappa shape index (κ2) is 4.86. The largest absolute Gasteiger partial charge is 0.305 e. The average Bonchev–Trinajstić information content (AvgIpc) is 1.85. The maximum atomic E-state index is 12.8. The first-order valence-corrected chi connectivity index (χ1v) is 5.35. The molecule has 4 heteroatoms. The molecule has 0 saturated heterocycles. The Balaban J connectivity index is 4.64. The molecule has 72 valence electrons. The van der Waals surface area contributed by atoms with E-state index in [-0.39, 0.29) is 11.3 Å². The van der Waals surface area contributed by atoms with Gasteiger partial charge < -0.3 is 0 Å². The third kappa shape index (κ3) is 3.14. The third-order valence-corrected chi connectivity index (χ3v) is 4.34. The highest BCUT2D eigenvalue weighted by Gasteiger charge is 2.25.